The Morgan fingerprint density at radius 2 is 1.71 bits per heavy atom. The minimum absolute atomic E-state index is 0.184. The number of rotatable bonds is 7. The molecule has 0 saturated carbocycles. The maximum absolute atomic E-state index is 12.8. The van der Waals surface area contributed by atoms with Gasteiger partial charge in [-0.25, -0.2) is 4.39 Å². The van der Waals surface area contributed by atoms with Gasteiger partial charge in [-0.3, -0.25) is 0 Å². The Balaban J connectivity index is 1.88. The third kappa shape index (κ3) is 4.57. The van der Waals surface area contributed by atoms with Crippen molar-refractivity contribution in [2.75, 3.05) is 13.7 Å². The summed E-state index contributed by atoms with van der Waals surface area (Å²) < 4.78 is 18.0. The smallest absolute Gasteiger partial charge is 0.123 e. The predicted molar refractivity (Wildman–Crippen MR) is 84.1 cm³/mol. The van der Waals surface area contributed by atoms with Crippen LogP contribution in [0.4, 0.5) is 4.39 Å². The fourth-order valence-corrected chi connectivity index (χ4v) is 2.38. The summed E-state index contributed by atoms with van der Waals surface area (Å²) in [6.07, 6.45) is 1.92. The molecule has 2 aromatic rings. The number of methoxy groups -OCH3 is 1. The first kappa shape index (κ1) is 15.5. The van der Waals surface area contributed by atoms with Crippen LogP contribution in [0.2, 0.25) is 0 Å². The molecule has 2 nitrogen and oxygen atoms in total. The standard InChI is InChI=1S/C18H22FNO/c1-3-18(15-6-10-17(21-2)11-7-15)20-13-12-14-4-8-16(19)9-5-14/h4-11,18,20H,3,12-13H2,1-2H3. The number of ether oxygens (including phenoxy) is 1. The molecule has 0 heterocycles. The highest BCUT2D eigenvalue weighted by Gasteiger charge is 2.08. The van der Waals surface area contributed by atoms with E-state index in [2.05, 4.69) is 24.4 Å². The van der Waals surface area contributed by atoms with Crippen LogP contribution in [0.3, 0.4) is 0 Å². The quantitative estimate of drug-likeness (QED) is 0.827. The van der Waals surface area contributed by atoms with Crippen LogP contribution in [0.5, 0.6) is 5.75 Å². The van der Waals surface area contributed by atoms with Gasteiger partial charge >= 0.3 is 0 Å². The molecule has 112 valence electrons. The maximum atomic E-state index is 12.8. The Hall–Kier alpha value is -1.87. The molecule has 0 aliphatic rings. The Bertz CT molecular complexity index is 536. The Labute approximate surface area is 126 Å². The number of hydrogen-bond acceptors (Lipinski definition) is 2. The fraction of sp³-hybridized carbons (Fsp3) is 0.333. The topological polar surface area (TPSA) is 21.3 Å². The number of halogens is 1. The molecule has 2 rings (SSSR count). The molecule has 0 aromatic heterocycles. The molecule has 0 bridgehead atoms. The van der Waals surface area contributed by atoms with Gasteiger partial charge in [-0.15, -0.1) is 0 Å². The average molecular weight is 287 g/mol. The van der Waals surface area contributed by atoms with Crippen LogP contribution in [0.1, 0.15) is 30.5 Å². The molecule has 21 heavy (non-hydrogen) atoms. The van der Waals surface area contributed by atoms with E-state index in [1.807, 2.05) is 24.3 Å². The molecule has 0 saturated heterocycles. The summed E-state index contributed by atoms with van der Waals surface area (Å²) in [5.41, 5.74) is 2.41. The molecule has 0 amide bonds. The van der Waals surface area contributed by atoms with E-state index < -0.39 is 0 Å². The van der Waals surface area contributed by atoms with Gasteiger partial charge in [0.25, 0.3) is 0 Å². The van der Waals surface area contributed by atoms with Crippen LogP contribution in [0.15, 0.2) is 48.5 Å². The molecule has 3 heteroatoms. The van der Waals surface area contributed by atoms with E-state index in [1.165, 1.54) is 17.7 Å². The van der Waals surface area contributed by atoms with Crippen LogP contribution >= 0.6 is 0 Å². The zero-order chi connectivity index (χ0) is 15.1. The summed E-state index contributed by atoms with van der Waals surface area (Å²) in [7, 11) is 1.67. The second-order valence-electron chi connectivity index (χ2n) is 5.06. The van der Waals surface area contributed by atoms with Gasteiger partial charge in [0.1, 0.15) is 11.6 Å². The molecule has 0 aliphatic heterocycles. The second kappa shape index (κ2) is 7.79. The van der Waals surface area contributed by atoms with Crippen molar-refractivity contribution in [2.45, 2.75) is 25.8 Å². The molecule has 1 unspecified atom stereocenters. The monoisotopic (exact) mass is 287 g/mol. The van der Waals surface area contributed by atoms with E-state index in [9.17, 15) is 4.39 Å². The van der Waals surface area contributed by atoms with Crippen molar-refractivity contribution in [3.63, 3.8) is 0 Å². The number of hydrogen-bond donors (Lipinski definition) is 1. The normalized spacial score (nSPS) is 12.1. The largest absolute Gasteiger partial charge is 0.497 e. The lowest BCUT2D eigenvalue weighted by Crippen LogP contribution is -2.23. The van der Waals surface area contributed by atoms with E-state index >= 15 is 0 Å². The van der Waals surface area contributed by atoms with Gasteiger partial charge in [-0.2, -0.15) is 0 Å². The van der Waals surface area contributed by atoms with Crippen LogP contribution in [0, 0.1) is 5.82 Å². The van der Waals surface area contributed by atoms with Crippen LogP contribution < -0.4 is 10.1 Å². The lowest BCUT2D eigenvalue weighted by molar-refractivity contribution is 0.414. The maximum Gasteiger partial charge on any atom is 0.123 e. The second-order valence-corrected chi connectivity index (χ2v) is 5.06. The van der Waals surface area contributed by atoms with Crippen molar-refractivity contribution < 1.29 is 9.13 Å². The van der Waals surface area contributed by atoms with Crippen molar-refractivity contribution in [1.29, 1.82) is 0 Å². The highest BCUT2D eigenvalue weighted by molar-refractivity contribution is 5.29. The number of benzene rings is 2. The molecule has 0 fully saturated rings. The van der Waals surface area contributed by atoms with Crippen molar-refractivity contribution in [3.8, 4) is 5.75 Å². The van der Waals surface area contributed by atoms with E-state index in [0.29, 0.717) is 6.04 Å². The third-order valence-electron chi connectivity index (χ3n) is 3.64. The summed E-state index contributed by atoms with van der Waals surface area (Å²) in [5, 5.41) is 3.55. The lowest BCUT2D eigenvalue weighted by Gasteiger charge is -2.18. The Kier molecular flexibility index (Phi) is 5.76. The van der Waals surface area contributed by atoms with Crippen molar-refractivity contribution >= 4 is 0 Å². The first-order chi connectivity index (χ1) is 10.2. The third-order valence-corrected chi connectivity index (χ3v) is 3.64. The van der Waals surface area contributed by atoms with Crippen LogP contribution in [-0.2, 0) is 6.42 Å². The van der Waals surface area contributed by atoms with E-state index in [1.54, 1.807) is 7.11 Å². The highest BCUT2D eigenvalue weighted by atomic mass is 19.1. The molecular formula is C18H22FNO. The molecule has 2 aromatic carbocycles. The van der Waals surface area contributed by atoms with E-state index in [4.69, 9.17) is 4.74 Å². The van der Waals surface area contributed by atoms with Crippen LogP contribution in [0.25, 0.3) is 0 Å². The molecule has 1 atom stereocenters. The predicted octanol–water partition coefficient (Wildman–Crippen LogP) is 4.12. The summed E-state index contributed by atoms with van der Waals surface area (Å²) in [6.45, 7) is 3.04. The van der Waals surface area contributed by atoms with E-state index in [-0.39, 0.29) is 5.82 Å². The fourth-order valence-electron chi connectivity index (χ4n) is 2.38. The van der Waals surface area contributed by atoms with Gasteiger partial charge in [0.05, 0.1) is 7.11 Å². The van der Waals surface area contributed by atoms with Gasteiger partial charge in [-0.1, -0.05) is 31.2 Å². The van der Waals surface area contributed by atoms with Gasteiger partial charge in [0.2, 0.25) is 0 Å². The van der Waals surface area contributed by atoms with Gasteiger partial charge in [0, 0.05) is 6.04 Å². The van der Waals surface area contributed by atoms with Crippen LogP contribution in [-0.4, -0.2) is 13.7 Å². The van der Waals surface area contributed by atoms with E-state index in [0.717, 1.165) is 30.7 Å². The van der Waals surface area contributed by atoms with Gasteiger partial charge < -0.3 is 10.1 Å². The van der Waals surface area contributed by atoms with Crippen molar-refractivity contribution in [1.82, 2.24) is 5.32 Å². The van der Waals surface area contributed by atoms with Gasteiger partial charge in [0.15, 0.2) is 0 Å². The minimum atomic E-state index is -0.184. The Morgan fingerprint density at radius 3 is 2.29 bits per heavy atom. The van der Waals surface area contributed by atoms with Crippen molar-refractivity contribution in [3.05, 3.63) is 65.5 Å². The molecule has 0 radical (unpaired) electrons. The average Bonchev–Trinajstić information content (AvgIpc) is 2.53. The summed E-state index contributed by atoms with van der Waals surface area (Å²) >= 11 is 0. The molecule has 1 N–H and O–H groups in total. The molecule has 0 aliphatic carbocycles. The summed E-state index contributed by atoms with van der Waals surface area (Å²) in [6, 6.07) is 15.2. The number of nitrogens with one attached hydrogen (secondary N) is 1. The molecular weight excluding hydrogens is 265 g/mol. The zero-order valence-electron chi connectivity index (χ0n) is 12.6. The van der Waals surface area contributed by atoms with Crippen molar-refractivity contribution in [2.24, 2.45) is 0 Å². The summed E-state index contributed by atoms with van der Waals surface area (Å²) in [4.78, 5) is 0. The first-order valence-electron chi connectivity index (χ1n) is 7.34. The molecule has 0 spiro atoms. The van der Waals surface area contributed by atoms with Gasteiger partial charge in [-0.05, 0) is 54.8 Å². The Morgan fingerprint density at radius 1 is 1.05 bits per heavy atom. The SMILES string of the molecule is CCC(NCCc1ccc(F)cc1)c1ccc(OC)cc1. The first-order valence-corrected chi connectivity index (χ1v) is 7.34. The lowest BCUT2D eigenvalue weighted by atomic mass is 10.0. The minimum Gasteiger partial charge on any atom is -0.497 e. The highest BCUT2D eigenvalue weighted by Crippen LogP contribution is 2.20. The zero-order valence-corrected chi connectivity index (χ0v) is 12.6. The summed E-state index contributed by atoms with van der Waals surface area (Å²) in [5.74, 6) is 0.691.